The molecule has 0 unspecified atom stereocenters. The summed E-state index contributed by atoms with van der Waals surface area (Å²) in [5.74, 6) is 2.47. The number of ether oxygens (including phenoxy) is 1. The van der Waals surface area contributed by atoms with Crippen LogP contribution in [0.3, 0.4) is 0 Å². The lowest BCUT2D eigenvalue weighted by molar-refractivity contribution is -0.122. The summed E-state index contributed by atoms with van der Waals surface area (Å²) in [6.07, 6.45) is 3.25. The van der Waals surface area contributed by atoms with E-state index >= 15 is 0 Å². The quantitative estimate of drug-likeness (QED) is 0.514. The molecule has 8 heteroatoms. The number of hydrogen-bond acceptors (Lipinski definition) is 5. The summed E-state index contributed by atoms with van der Waals surface area (Å²) in [5, 5.41) is 10.4. The highest BCUT2D eigenvalue weighted by atomic mass is 32.2. The number of methoxy groups -OCH3 is 1. The average Bonchev–Trinajstić information content (AvgIpc) is 3.40. The van der Waals surface area contributed by atoms with Gasteiger partial charge in [0, 0.05) is 29.7 Å². The van der Waals surface area contributed by atoms with E-state index in [1.165, 1.54) is 6.08 Å². The number of aromatic nitrogens is 2. The maximum Gasteiger partial charge on any atom is 0.249 e. The van der Waals surface area contributed by atoms with E-state index in [-0.39, 0.29) is 18.4 Å². The predicted molar refractivity (Wildman–Crippen MR) is 126 cm³/mol. The van der Waals surface area contributed by atoms with Gasteiger partial charge >= 0.3 is 0 Å². The number of rotatable bonds is 8. The molecule has 1 aromatic heterocycles. The molecule has 2 aromatic carbocycles. The van der Waals surface area contributed by atoms with Crippen LogP contribution in [0.5, 0.6) is 5.75 Å². The molecule has 2 N–H and O–H groups in total. The molecule has 32 heavy (non-hydrogen) atoms. The Kier molecular flexibility index (Phi) is 6.91. The van der Waals surface area contributed by atoms with E-state index in [1.807, 2.05) is 54.6 Å². The molecule has 4 rings (SSSR count). The first kappa shape index (κ1) is 21.7. The van der Waals surface area contributed by atoms with Crippen LogP contribution in [-0.4, -0.2) is 28.7 Å². The lowest BCUT2D eigenvalue weighted by atomic mass is 10.2. The first-order chi connectivity index (χ1) is 15.6. The van der Waals surface area contributed by atoms with Gasteiger partial charge in [-0.15, -0.1) is 0 Å². The molecule has 2 amide bonds. The molecule has 164 valence electrons. The summed E-state index contributed by atoms with van der Waals surface area (Å²) >= 11 is 1.74. The summed E-state index contributed by atoms with van der Waals surface area (Å²) in [4.78, 5) is 25.1. The third-order valence-corrected chi connectivity index (χ3v) is 6.00. The second-order valence-corrected chi connectivity index (χ2v) is 8.27. The van der Waals surface area contributed by atoms with E-state index in [2.05, 4.69) is 15.7 Å². The molecule has 0 spiro atoms. The topological polar surface area (TPSA) is 85.2 Å². The first-order valence-corrected chi connectivity index (χ1v) is 11.4. The van der Waals surface area contributed by atoms with Gasteiger partial charge in [0.05, 0.1) is 12.8 Å². The number of benzene rings is 2. The Morgan fingerprint density at radius 1 is 1.12 bits per heavy atom. The zero-order valence-electron chi connectivity index (χ0n) is 17.7. The molecule has 1 aliphatic rings. The van der Waals surface area contributed by atoms with Crippen molar-refractivity contribution in [3.8, 4) is 5.75 Å². The summed E-state index contributed by atoms with van der Waals surface area (Å²) < 4.78 is 6.74. The molecule has 1 aliphatic heterocycles. The minimum atomic E-state index is -0.256. The molecular weight excluding hydrogens is 424 g/mol. The Labute approximate surface area is 190 Å². The van der Waals surface area contributed by atoms with Crippen molar-refractivity contribution in [1.29, 1.82) is 0 Å². The maximum absolute atomic E-state index is 12.6. The summed E-state index contributed by atoms with van der Waals surface area (Å²) in [7, 11) is 1.62. The monoisotopic (exact) mass is 448 g/mol. The van der Waals surface area contributed by atoms with E-state index in [0.717, 1.165) is 39.6 Å². The zero-order chi connectivity index (χ0) is 22.3. The van der Waals surface area contributed by atoms with Crippen LogP contribution in [0.4, 0.5) is 5.82 Å². The van der Waals surface area contributed by atoms with E-state index in [9.17, 15) is 9.59 Å². The number of nitrogens with zero attached hydrogens (tertiary/aromatic N) is 2. The van der Waals surface area contributed by atoms with Crippen LogP contribution in [0.2, 0.25) is 0 Å². The van der Waals surface area contributed by atoms with Crippen molar-refractivity contribution in [3.63, 3.8) is 0 Å². The minimum Gasteiger partial charge on any atom is -0.497 e. The molecule has 0 bridgehead atoms. The van der Waals surface area contributed by atoms with E-state index in [0.29, 0.717) is 12.4 Å². The van der Waals surface area contributed by atoms with Crippen molar-refractivity contribution in [2.75, 3.05) is 12.4 Å². The van der Waals surface area contributed by atoms with Gasteiger partial charge in [-0.2, -0.15) is 16.9 Å². The van der Waals surface area contributed by atoms with Crippen molar-refractivity contribution in [1.82, 2.24) is 15.1 Å². The standard InChI is InChI=1S/C24H24N4O3S/c1-31-19-10-7-18(8-11-19)13-25-23(30)14-28-24(20-15-32-16-21(20)27-28)26-22(29)12-9-17-5-3-2-4-6-17/h2-12H,13-16H2,1H3,(H,25,30)(H,26,29). The number of hydrogen-bond donors (Lipinski definition) is 2. The molecule has 3 aromatic rings. The Balaban J connectivity index is 1.40. The van der Waals surface area contributed by atoms with Gasteiger partial charge in [0.15, 0.2) is 0 Å². The molecule has 0 aliphatic carbocycles. The highest BCUT2D eigenvalue weighted by Gasteiger charge is 2.24. The maximum atomic E-state index is 12.6. The fourth-order valence-corrected chi connectivity index (χ4v) is 4.39. The molecule has 2 heterocycles. The number of carbonyl (C=O) groups excluding carboxylic acids is 2. The fraction of sp³-hybridized carbons (Fsp3) is 0.208. The molecular formula is C24H24N4O3S. The predicted octanol–water partition coefficient (Wildman–Crippen LogP) is 3.61. The number of amides is 2. The molecule has 0 saturated carbocycles. The van der Waals surface area contributed by atoms with Gasteiger partial charge in [0.1, 0.15) is 18.1 Å². The van der Waals surface area contributed by atoms with E-state index in [1.54, 1.807) is 29.6 Å². The van der Waals surface area contributed by atoms with Gasteiger partial charge in [-0.3, -0.25) is 9.59 Å². The van der Waals surface area contributed by atoms with Crippen molar-refractivity contribution in [2.45, 2.75) is 24.6 Å². The van der Waals surface area contributed by atoms with Gasteiger partial charge < -0.3 is 15.4 Å². The largest absolute Gasteiger partial charge is 0.497 e. The number of thioether (sulfide) groups is 1. The Morgan fingerprint density at radius 3 is 2.66 bits per heavy atom. The van der Waals surface area contributed by atoms with Crippen LogP contribution in [0, 0.1) is 0 Å². The highest BCUT2D eigenvalue weighted by Crippen LogP contribution is 2.34. The Bertz CT molecular complexity index is 1120. The normalized spacial score (nSPS) is 12.5. The number of anilines is 1. The summed E-state index contributed by atoms with van der Waals surface area (Å²) in [6, 6.07) is 17.1. The number of fused-ring (bicyclic) bond motifs is 1. The molecule has 0 radical (unpaired) electrons. The van der Waals surface area contributed by atoms with Crippen molar-refractivity contribution in [2.24, 2.45) is 0 Å². The molecule has 0 saturated heterocycles. The number of nitrogens with one attached hydrogen (secondary N) is 2. The van der Waals surface area contributed by atoms with Gasteiger partial charge in [-0.05, 0) is 29.3 Å². The third-order valence-electron chi connectivity index (χ3n) is 5.03. The van der Waals surface area contributed by atoms with Crippen molar-refractivity contribution >= 4 is 35.5 Å². The van der Waals surface area contributed by atoms with Gasteiger partial charge in [-0.1, -0.05) is 42.5 Å². The molecule has 0 atom stereocenters. The minimum absolute atomic E-state index is 0.0336. The van der Waals surface area contributed by atoms with Crippen LogP contribution >= 0.6 is 11.8 Å². The van der Waals surface area contributed by atoms with Gasteiger partial charge in [0.2, 0.25) is 11.8 Å². The van der Waals surface area contributed by atoms with Crippen LogP contribution in [-0.2, 0) is 34.2 Å². The van der Waals surface area contributed by atoms with Gasteiger partial charge in [-0.25, -0.2) is 4.68 Å². The smallest absolute Gasteiger partial charge is 0.249 e. The van der Waals surface area contributed by atoms with Crippen molar-refractivity contribution in [3.05, 3.63) is 83.1 Å². The SMILES string of the molecule is COc1ccc(CNC(=O)Cn2nc3c(c2NC(=O)C=Cc2ccccc2)CSC3)cc1. The van der Waals surface area contributed by atoms with E-state index in [4.69, 9.17) is 4.74 Å². The molecule has 7 nitrogen and oxygen atoms in total. The van der Waals surface area contributed by atoms with Crippen LogP contribution in [0.25, 0.3) is 6.08 Å². The fourth-order valence-electron chi connectivity index (χ4n) is 3.35. The van der Waals surface area contributed by atoms with Crippen LogP contribution < -0.4 is 15.4 Å². The Hall–Kier alpha value is -3.52. The lowest BCUT2D eigenvalue weighted by Gasteiger charge is -2.11. The van der Waals surface area contributed by atoms with Crippen molar-refractivity contribution < 1.29 is 14.3 Å². The highest BCUT2D eigenvalue weighted by molar-refractivity contribution is 7.98. The second kappa shape index (κ2) is 10.2. The second-order valence-electron chi connectivity index (χ2n) is 7.28. The van der Waals surface area contributed by atoms with Crippen LogP contribution in [0.1, 0.15) is 22.4 Å². The third kappa shape index (κ3) is 5.39. The summed E-state index contributed by atoms with van der Waals surface area (Å²) in [5.41, 5.74) is 3.81. The van der Waals surface area contributed by atoms with Crippen LogP contribution in [0.15, 0.2) is 60.7 Å². The molecule has 0 fully saturated rings. The lowest BCUT2D eigenvalue weighted by Crippen LogP contribution is -2.28. The first-order valence-electron chi connectivity index (χ1n) is 10.2. The summed E-state index contributed by atoms with van der Waals surface area (Å²) in [6.45, 7) is 0.438. The number of carbonyl (C=O) groups is 2. The van der Waals surface area contributed by atoms with E-state index < -0.39 is 0 Å². The van der Waals surface area contributed by atoms with Gasteiger partial charge in [0.25, 0.3) is 0 Å². The zero-order valence-corrected chi connectivity index (χ0v) is 18.5. The Morgan fingerprint density at radius 2 is 1.91 bits per heavy atom. The average molecular weight is 449 g/mol.